The van der Waals surface area contributed by atoms with Crippen molar-refractivity contribution in [3.63, 3.8) is 0 Å². The zero-order valence-corrected chi connectivity index (χ0v) is 20.3. The van der Waals surface area contributed by atoms with Crippen LogP contribution >= 0.6 is 0 Å². The normalized spacial score (nSPS) is 16.8. The summed E-state index contributed by atoms with van der Waals surface area (Å²) in [7, 11) is 3.35. The van der Waals surface area contributed by atoms with Crippen LogP contribution in [0.3, 0.4) is 0 Å². The Bertz CT molecular complexity index is 1530. The van der Waals surface area contributed by atoms with E-state index >= 15 is 0 Å². The van der Waals surface area contributed by atoms with Gasteiger partial charge in [-0.15, -0.1) is 0 Å². The number of nitrogens with one attached hydrogen (secondary N) is 1. The molecule has 36 heavy (non-hydrogen) atoms. The van der Waals surface area contributed by atoms with Gasteiger partial charge in [-0.3, -0.25) is 9.59 Å². The van der Waals surface area contributed by atoms with E-state index in [9.17, 15) is 9.59 Å². The topological polar surface area (TPSA) is 63.6 Å². The summed E-state index contributed by atoms with van der Waals surface area (Å²) >= 11 is 0. The van der Waals surface area contributed by atoms with Gasteiger partial charge in [0.1, 0.15) is 17.5 Å². The number of fused-ring (bicyclic) bond motifs is 1. The van der Waals surface area contributed by atoms with Crippen LogP contribution in [0.5, 0.6) is 5.75 Å². The minimum atomic E-state index is -0.829. The maximum absolute atomic E-state index is 13.7. The maximum Gasteiger partial charge on any atom is 0.268 e. The first kappa shape index (κ1) is 22.2. The van der Waals surface area contributed by atoms with Crippen LogP contribution in [0.1, 0.15) is 33.6 Å². The van der Waals surface area contributed by atoms with E-state index in [0.717, 1.165) is 52.7 Å². The molecule has 0 spiro atoms. The number of carbonyl (C=O) groups is 2. The third-order valence-electron chi connectivity index (χ3n) is 7.22. The molecule has 2 aliphatic rings. The number of anilines is 1. The number of para-hydroxylation sites is 1. The van der Waals surface area contributed by atoms with E-state index in [1.54, 1.807) is 19.1 Å². The second kappa shape index (κ2) is 8.72. The van der Waals surface area contributed by atoms with E-state index in [-0.39, 0.29) is 11.8 Å². The number of amides is 2. The number of ether oxygens (including phenoxy) is 1. The van der Waals surface area contributed by atoms with Crippen LogP contribution in [0.25, 0.3) is 16.5 Å². The van der Waals surface area contributed by atoms with Gasteiger partial charge >= 0.3 is 0 Å². The quantitative estimate of drug-likeness (QED) is 0.459. The lowest BCUT2D eigenvalue weighted by atomic mass is 9.95. The van der Waals surface area contributed by atoms with Crippen molar-refractivity contribution in [2.24, 2.45) is 0 Å². The lowest BCUT2D eigenvalue weighted by Crippen LogP contribution is -2.46. The number of rotatable bonds is 4. The Morgan fingerprint density at radius 3 is 2.67 bits per heavy atom. The van der Waals surface area contributed by atoms with Crippen LogP contribution in [-0.2, 0) is 17.8 Å². The molecule has 1 aromatic heterocycles. The molecule has 1 N–H and O–H groups in total. The van der Waals surface area contributed by atoms with E-state index in [1.807, 2.05) is 72.8 Å². The average Bonchev–Trinajstić information content (AvgIpc) is 3.27. The molecule has 3 aromatic carbocycles. The average molecular weight is 478 g/mol. The Labute approximate surface area is 209 Å². The van der Waals surface area contributed by atoms with E-state index in [0.29, 0.717) is 11.4 Å². The molecular formula is C30H27N3O3. The fraction of sp³-hybridized carbons (Fsp3) is 0.200. The SMILES string of the molecule is COc1ccc2c(c1)N(C)C(=O)C(NC(=O)c1cc3cccc4c3n1CCC4)C=C2c1ccccc1. The summed E-state index contributed by atoms with van der Waals surface area (Å²) in [6.07, 6.45) is 3.87. The summed E-state index contributed by atoms with van der Waals surface area (Å²) in [6.45, 7) is 0.790. The van der Waals surface area contributed by atoms with Gasteiger partial charge in [0.15, 0.2) is 0 Å². The van der Waals surface area contributed by atoms with Gasteiger partial charge < -0.3 is 19.5 Å². The van der Waals surface area contributed by atoms with Gasteiger partial charge in [0.2, 0.25) is 0 Å². The van der Waals surface area contributed by atoms with Crippen molar-refractivity contribution in [1.82, 2.24) is 9.88 Å². The van der Waals surface area contributed by atoms with E-state index in [4.69, 9.17) is 4.74 Å². The monoisotopic (exact) mass is 477 g/mol. The summed E-state index contributed by atoms with van der Waals surface area (Å²) in [5, 5.41) is 4.10. The fourth-order valence-electron chi connectivity index (χ4n) is 5.44. The van der Waals surface area contributed by atoms with Crippen LogP contribution in [0.2, 0.25) is 0 Å². The van der Waals surface area contributed by atoms with Gasteiger partial charge in [-0.1, -0.05) is 48.5 Å². The molecule has 6 nitrogen and oxygen atoms in total. The second-order valence-corrected chi connectivity index (χ2v) is 9.32. The smallest absolute Gasteiger partial charge is 0.268 e. The molecule has 6 heteroatoms. The Balaban J connectivity index is 1.43. The summed E-state index contributed by atoms with van der Waals surface area (Å²) in [5.41, 5.74) is 6.48. The number of carbonyl (C=O) groups excluding carboxylic acids is 2. The van der Waals surface area contributed by atoms with Crippen molar-refractivity contribution in [2.75, 3.05) is 19.1 Å². The number of aromatic nitrogens is 1. The summed E-state index contributed by atoms with van der Waals surface area (Å²) < 4.78 is 7.53. The highest BCUT2D eigenvalue weighted by Gasteiger charge is 2.31. The highest BCUT2D eigenvalue weighted by Crippen LogP contribution is 2.37. The zero-order valence-electron chi connectivity index (χ0n) is 20.3. The van der Waals surface area contributed by atoms with Gasteiger partial charge in [-0.2, -0.15) is 0 Å². The lowest BCUT2D eigenvalue weighted by Gasteiger charge is -2.23. The van der Waals surface area contributed by atoms with Gasteiger partial charge in [-0.05, 0) is 53.8 Å². The number of hydrogen-bond donors (Lipinski definition) is 1. The molecule has 0 saturated carbocycles. The first-order chi connectivity index (χ1) is 17.5. The number of aryl methyl sites for hydroxylation is 2. The molecule has 1 atom stereocenters. The first-order valence-electron chi connectivity index (χ1n) is 12.2. The Morgan fingerprint density at radius 1 is 1.03 bits per heavy atom. The molecule has 0 fully saturated rings. The van der Waals surface area contributed by atoms with Crippen molar-refractivity contribution in [1.29, 1.82) is 0 Å². The Hall–Kier alpha value is -4.32. The molecule has 0 radical (unpaired) electrons. The number of nitrogens with zero attached hydrogens (tertiary/aromatic N) is 2. The molecule has 4 aromatic rings. The molecule has 3 heterocycles. The summed E-state index contributed by atoms with van der Waals surface area (Å²) in [5.74, 6) is 0.204. The van der Waals surface area contributed by atoms with Crippen LogP contribution < -0.4 is 15.0 Å². The summed E-state index contributed by atoms with van der Waals surface area (Å²) in [4.78, 5) is 28.9. The minimum absolute atomic E-state index is 0.209. The largest absolute Gasteiger partial charge is 0.497 e. The van der Waals surface area contributed by atoms with Crippen LogP contribution in [0.4, 0.5) is 5.69 Å². The van der Waals surface area contributed by atoms with Crippen molar-refractivity contribution in [3.8, 4) is 5.75 Å². The van der Waals surface area contributed by atoms with Crippen molar-refractivity contribution < 1.29 is 14.3 Å². The van der Waals surface area contributed by atoms with E-state index in [1.165, 1.54) is 5.56 Å². The molecule has 0 bridgehead atoms. The first-order valence-corrected chi connectivity index (χ1v) is 12.2. The zero-order chi connectivity index (χ0) is 24.8. The predicted molar refractivity (Wildman–Crippen MR) is 141 cm³/mol. The molecule has 6 rings (SSSR count). The number of likely N-dealkylation sites (N-methyl/N-ethyl adjacent to an activating group) is 1. The lowest BCUT2D eigenvalue weighted by molar-refractivity contribution is -0.119. The van der Waals surface area contributed by atoms with Gasteiger partial charge in [0.25, 0.3) is 11.8 Å². The molecule has 2 amide bonds. The van der Waals surface area contributed by atoms with Crippen molar-refractivity contribution in [3.05, 3.63) is 101 Å². The third kappa shape index (κ3) is 3.57. The molecule has 180 valence electrons. The van der Waals surface area contributed by atoms with Crippen molar-refractivity contribution >= 4 is 34.0 Å². The Kier molecular flexibility index (Phi) is 5.37. The van der Waals surface area contributed by atoms with Gasteiger partial charge in [0, 0.05) is 30.6 Å². The highest BCUT2D eigenvalue weighted by molar-refractivity contribution is 6.09. The predicted octanol–water partition coefficient (Wildman–Crippen LogP) is 4.80. The Morgan fingerprint density at radius 2 is 1.86 bits per heavy atom. The second-order valence-electron chi connectivity index (χ2n) is 9.32. The molecule has 2 aliphatic heterocycles. The molecular weight excluding hydrogens is 450 g/mol. The van der Waals surface area contributed by atoms with Crippen LogP contribution in [0, 0.1) is 0 Å². The van der Waals surface area contributed by atoms with Crippen molar-refractivity contribution in [2.45, 2.75) is 25.4 Å². The fourth-order valence-corrected chi connectivity index (χ4v) is 5.44. The molecule has 0 aliphatic carbocycles. The standard InChI is InChI=1S/C30H27N3O3/c1-32-26-17-22(36-2)13-14-23(26)24(19-8-4-3-5-9-19)18-25(30(32)35)31-29(34)27-16-21-11-6-10-20-12-7-15-33(27)28(20)21/h3-6,8-11,13-14,16-18,25H,7,12,15H2,1-2H3,(H,31,34). The minimum Gasteiger partial charge on any atom is -0.497 e. The van der Waals surface area contributed by atoms with Gasteiger partial charge in [0.05, 0.1) is 18.3 Å². The van der Waals surface area contributed by atoms with E-state index < -0.39 is 6.04 Å². The number of hydrogen-bond acceptors (Lipinski definition) is 3. The van der Waals surface area contributed by atoms with Crippen LogP contribution in [0.15, 0.2) is 78.9 Å². The van der Waals surface area contributed by atoms with E-state index in [2.05, 4.69) is 16.0 Å². The van der Waals surface area contributed by atoms with Crippen LogP contribution in [-0.4, -0.2) is 36.6 Å². The number of benzene rings is 3. The third-order valence-corrected chi connectivity index (χ3v) is 7.22. The number of methoxy groups -OCH3 is 1. The summed E-state index contributed by atoms with van der Waals surface area (Å²) in [6, 6.07) is 23.0. The molecule has 1 unspecified atom stereocenters. The van der Waals surface area contributed by atoms with Gasteiger partial charge in [-0.25, -0.2) is 0 Å². The molecule has 0 saturated heterocycles. The maximum atomic E-state index is 13.7. The highest BCUT2D eigenvalue weighted by atomic mass is 16.5.